The largest absolute Gasteiger partial charge is 0.444 e. The van der Waals surface area contributed by atoms with Crippen LogP contribution < -0.4 is 16.0 Å². The van der Waals surface area contributed by atoms with E-state index < -0.39 is 23.6 Å². The molecule has 0 saturated carbocycles. The molecule has 0 fully saturated rings. The monoisotopic (exact) mass is 407 g/mol. The molecule has 0 saturated heterocycles. The summed E-state index contributed by atoms with van der Waals surface area (Å²) < 4.78 is 5.18. The maximum absolute atomic E-state index is 12.4. The van der Waals surface area contributed by atoms with Crippen LogP contribution in [0.1, 0.15) is 40.2 Å². The van der Waals surface area contributed by atoms with Gasteiger partial charge in [-0.15, -0.1) is 0 Å². The van der Waals surface area contributed by atoms with E-state index in [1.165, 1.54) is 0 Å². The highest BCUT2D eigenvalue weighted by molar-refractivity contribution is 5.95. The second-order valence-electron chi connectivity index (χ2n) is 7.46. The second-order valence-corrected chi connectivity index (χ2v) is 7.46. The number of aliphatic hydroxyl groups excluding tert-OH is 1. The number of rotatable bonds is 7. The molecule has 4 N–H and O–H groups in total. The van der Waals surface area contributed by atoms with E-state index >= 15 is 0 Å². The van der Waals surface area contributed by atoms with Crippen molar-refractivity contribution in [3.63, 3.8) is 0 Å². The van der Waals surface area contributed by atoms with Gasteiger partial charge >= 0.3 is 6.09 Å². The van der Waals surface area contributed by atoms with Crippen molar-refractivity contribution < 1.29 is 24.2 Å². The molecule has 0 aliphatic carbocycles. The number of amides is 3. The van der Waals surface area contributed by atoms with E-state index in [2.05, 4.69) is 22.5 Å². The van der Waals surface area contributed by atoms with Gasteiger partial charge in [0, 0.05) is 12.8 Å². The summed E-state index contributed by atoms with van der Waals surface area (Å²) in [5, 5.41) is 14.8. The normalized spacial score (nSPS) is 11.4. The van der Waals surface area contributed by atoms with Gasteiger partial charge in [0.05, 0.1) is 6.54 Å². The van der Waals surface area contributed by atoms with Gasteiger partial charge in [0.2, 0.25) is 11.8 Å². The predicted molar refractivity (Wildman–Crippen MR) is 114 cm³/mol. The molecular weight excluding hydrogens is 374 g/mol. The van der Waals surface area contributed by atoms with Crippen molar-refractivity contribution in [1.82, 2.24) is 10.6 Å². The molecule has 0 bridgehead atoms. The van der Waals surface area contributed by atoms with Crippen LogP contribution in [0.25, 0.3) is 6.08 Å². The number of aliphatic hydroxyl groups is 1. The molecule has 0 aliphatic rings. The minimum Gasteiger partial charge on any atom is -0.444 e. The summed E-state index contributed by atoms with van der Waals surface area (Å²) in [6, 6.07) is 6.33. The molecule has 1 atom stereocenters. The summed E-state index contributed by atoms with van der Waals surface area (Å²) in [5.74, 6) is -0.991. The number of nitrogens with one attached hydrogen (secondary N) is 3. The molecule has 0 aromatic heterocycles. The fraction of sp³-hybridized carbons (Fsp3) is 0.476. The number of carbonyl (C=O) groups is 3. The van der Waals surface area contributed by atoms with Gasteiger partial charge in [0.25, 0.3) is 0 Å². The Bertz CT molecular complexity index is 679. The molecule has 29 heavy (non-hydrogen) atoms. The maximum Gasteiger partial charge on any atom is 0.408 e. The lowest BCUT2D eigenvalue weighted by atomic mass is 10.0. The molecule has 8 heteroatoms. The number of carbonyl (C=O) groups excluding carboxylic acids is 3. The van der Waals surface area contributed by atoms with Crippen LogP contribution in [0, 0.1) is 5.92 Å². The lowest BCUT2D eigenvalue weighted by Gasteiger charge is -2.25. The Labute approximate surface area is 172 Å². The van der Waals surface area contributed by atoms with Gasteiger partial charge in [0.15, 0.2) is 0 Å². The minimum atomic E-state index is -0.806. The molecule has 0 radical (unpaired) electrons. The third-order valence-electron chi connectivity index (χ3n) is 3.47. The lowest BCUT2D eigenvalue weighted by Crippen LogP contribution is -2.52. The highest BCUT2D eigenvalue weighted by atomic mass is 16.6. The maximum atomic E-state index is 12.4. The zero-order valence-electron chi connectivity index (χ0n) is 18.0. The average molecular weight is 408 g/mol. The average Bonchev–Trinajstić information content (AvgIpc) is 2.65. The summed E-state index contributed by atoms with van der Waals surface area (Å²) >= 11 is 0. The number of alkyl carbamates (subject to hydrolysis) is 1. The van der Waals surface area contributed by atoms with Crippen molar-refractivity contribution in [2.24, 2.45) is 5.92 Å². The van der Waals surface area contributed by atoms with E-state index in [4.69, 9.17) is 9.84 Å². The predicted octanol–water partition coefficient (Wildman–Crippen LogP) is 2.54. The number of ether oxygens (including phenoxy) is 1. The van der Waals surface area contributed by atoms with Gasteiger partial charge in [-0.25, -0.2) is 4.79 Å². The van der Waals surface area contributed by atoms with Crippen LogP contribution in [0.3, 0.4) is 0 Å². The Morgan fingerprint density at radius 1 is 1.14 bits per heavy atom. The van der Waals surface area contributed by atoms with Crippen LogP contribution in [0.5, 0.6) is 0 Å². The number of anilines is 1. The molecule has 162 valence electrons. The summed E-state index contributed by atoms with van der Waals surface area (Å²) in [4.78, 5) is 36.3. The summed E-state index contributed by atoms with van der Waals surface area (Å²) in [6.07, 6.45) is 1.03. The zero-order valence-corrected chi connectivity index (χ0v) is 18.0. The quantitative estimate of drug-likeness (QED) is 0.554. The van der Waals surface area contributed by atoms with E-state index in [0.717, 1.165) is 12.7 Å². The van der Waals surface area contributed by atoms with E-state index in [9.17, 15) is 14.4 Å². The molecule has 0 heterocycles. The molecule has 1 unspecified atom stereocenters. The molecule has 1 aromatic carbocycles. The highest BCUT2D eigenvalue weighted by Gasteiger charge is 2.27. The van der Waals surface area contributed by atoms with E-state index in [1.54, 1.807) is 52.8 Å². The Morgan fingerprint density at radius 3 is 2.14 bits per heavy atom. The molecular formula is C21H33N3O5. The summed E-state index contributed by atoms with van der Waals surface area (Å²) in [7, 11) is 1.00. The smallest absolute Gasteiger partial charge is 0.408 e. The molecule has 8 nitrogen and oxygen atoms in total. The van der Waals surface area contributed by atoms with Gasteiger partial charge in [0.1, 0.15) is 11.6 Å². The molecule has 1 aromatic rings. The SMILES string of the molecule is C=Cc1ccc(NC(=O)CNC(=O)C(NC(=O)OC(C)(C)C)C(C)C)cc1.CO. The molecule has 3 amide bonds. The first-order valence-corrected chi connectivity index (χ1v) is 9.26. The van der Waals surface area contributed by atoms with Crippen molar-refractivity contribution in [2.75, 3.05) is 19.0 Å². The van der Waals surface area contributed by atoms with Crippen molar-refractivity contribution >= 4 is 29.7 Å². The van der Waals surface area contributed by atoms with E-state index in [1.807, 2.05) is 12.1 Å². The fourth-order valence-corrected chi connectivity index (χ4v) is 2.15. The standard InChI is InChI=1S/C20H29N3O4.CH4O/c1-7-14-8-10-15(11-9-14)22-16(24)12-21-18(25)17(13(2)3)23-19(26)27-20(4,5)6;1-2/h7-11,13,17H,1,12H2,2-6H3,(H,21,25)(H,22,24)(H,23,26);2H,1H3. The molecule has 0 spiro atoms. The number of hydrogen-bond donors (Lipinski definition) is 4. The van der Waals surface area contributed by atoms with E-state index in [-0.39, 0.29) is 18.4 Å². The number of benzene rings is 1. The first-order chi connectivity index (χ1) is 13.5. The Kier molecular flexibility index (Phi) is 11.3. The van der Waals surface area contributed by atoms with E-state index in [0.29, 0.717) is 5.69 Å². The Hall–Kier alpha value is -2.87. The fourth-order valence-electron chi connectivity index (χ4n) is 2.15. The minimum absolute atomic E-state index is 0.174. The van der Waals surface area contributed by atoms with Crippen LogP contribution >= 0.6 is 0 Å². The van der Waals surface area contributed by atoms with Gasteiger partial charge in [-0.05, 0) is 44.4 Å². The number of hydrogen-bond acceptors (Lipinski definition) is 5. The van der Waals surface area contributed by atoms with Gasteiger partial charge in [-0.3, -0.25) is 9.59 Å². The van der Waals surface area contributed by atoms with Crippen molar-refractivity contribution in [1.29, 1.82) is 0 Å². The summed E-state index contributed by atoms with van der Waals surface area (Å²) in [5.41, 5.74) is 0.893. The van der Waals surface area contributed by atoms with Gasteiger partial charge in [-0.1, -0.05) is 38.6 Å². The molecule has 1 rings (SSSR count). The topological polar surface area (TPSA) is 117 Å². The van der Waals surface area contributed by atoms with Gasteiger partial charge < -0.3 is 25.8 Å². The Morgan fingerprint density at radius 2 is 1.69 bits per heavy atom. The van der Waals surface area contributed by atoms with Crippen LogP contribution in [-0.4, -0.2) is 48.3 Å². The van der Waals surface area contributed by atoms with Crippen LogP contribution in [0.15, 0.2) is 30.8 Å². The van der Waals surface area contributed by atoms with Crippen LogP contribution in [0.2, 0.25) is 0 Å². The zero-order chi connectivity index (χ0) is 22.6. The first-order valence-electron chi connectivity index (χ1n) is 9.26. The summed E-state index contributed by atoms with van der Waals surface area (Å²) in [6.45, 7) is 12.3. The van der Waals surface area contributed by atoms with Crippen LogP contribution in [0.4, 0.5) is 10.5 Å². The first kappa shape index (κ1) is 26.1. The molecule has 0 aliphatic heterocycles. The Balaban J connectivity index is 0.00000379. The second kappa shape index (κ2) is 12.6. The highest BCUT2D eigenvalue weighted by Crippen LogP contribution is 2.10. The lowest BCUT2D eigenvalue weighted by molar-refractivity contribution is -0.126. The third kappa shape index (κ3) is 10.9. The van der Waals surface area contributed by atoms with Gasteiger partial charge in [-0.2, -0.15) is 0 Å². The van der Waals surface area contributed by atoms with Crippen LogP contribution in [-0.2, 0) is 14.3 Å². The third-order valence-corrected chi connectivity index (χ3v) is 3.47. The van der Waals surface area contributed by atoms with Crippen molar-refractivity contribution in [3.05, 3.63) is 36.4 Å². The van der Waals surface area contributed by atoms with Crippen molar-refractivity contribution in [3.8, 4) is 0 Å². The van der Waals surface area contributed by atoms with Crippen molar-refractivity contribution in [2.45, 2.75) is 46.3 Å².